The van der Waals surface area contributed by atoms with E-state index in [2.05, 4.69) is 39.6 Å². The van der Waals surface area contributed by atoms with Crippen LogP contribution in [0.5, 0.6) is 0 Å². The van der Waals surface area contributed by atoms with Gasteiger partial charge in [-0.1, -0.05) is 22.9 Å². The third-order valence-electron chi connectivity index (χ3n) is 3.70. The van der Waals surface area contributed by atoms with Crippen molar-refractivity contribution in [2.75, 3.05) is 17.7 Å². The van der Waals surface area contributed by atoms with Crippen molar-refractivity contribution in [3.63, 3.8) is 0 Å². The molecule has 2 N–H and O–H groups in total. The second kappa shape index (κ2) is 8.09. The summed E-state index contributed by atoms with van der Waals surface area (Å²) in [5, 5.41) is 7.47. The Labute approximate surface area is 159 Å². The topological polar surface area (TPSA) is 50.4 Å². The number of rotatable bonds is 4. The van der Waals surface area contributed by atoms with Crippen LogP contribution < -0.4 is 10.6 Å². The van der Waals surface area contributed by atoms with Crippen LogP contribution in [0.15, 0.2) is 22.7 Å². The van der Waals surface area contributed by atoms with Crippen LogP contribution in [0.25, 0.3) is 0 Å². The predicted molar refractivity (Wildman–Crippen MR) is 108 cm³/mol. The van der Waals surface area contributed by atoms with Crippen LogP contribution in [0.4, 0.5) is 10.7 Å². The summed E-state index contributed by atoms with van der Waals surface area (Å²) >= 11 is 10.4. The first-order chi connectivity index (χ1) is 11.4. The molecule has 0 radical (unpaired) electrons. The van der Waals surface area contributed by atoms with E-state index in [1.165, 1.54) is 18.4 Å². The number of nitrogens with one attached hydrogen (secondary N) is 2. The number of aryl methyl sites for hydroxylation is 2. The smallest absolute Gasteiger partial charge is 0.341 e. The molecule has 0 saturated heterocycles. The lowest BCUT2D eigenvalue weighted by molar-refractivity contribution is 0.0601. The van der Waals surface area contributed by atoms with Crippen LogP contribution in [0.3, 0.4) is 0 Å². The molecule has 1 heterocycles. The normalized spacial score (nSPS) is 10.4. The number of methoxy groups -OCH3 is 1. The second-order valence-corrected chi connectivity index (χ2v) is 7.76. The summed E-state index contributed by atoms with van der Waals surface area (Å²) in [6, 6.07) is 6.00. The Hall–Kier alpha value is -1.44. The Balaban J connectivity index is 2.22. The first kappa shape index (κ1) is 18.9. The zero-order valence-corrected chi connectivity index (χ0v) is 17.2. The maximum atomic E-state index is 12.0. The fourth-order valence-corrected chi connectivity index (χ4v) is 4.03. The SMILES string of the molecule is CCc1cc(Br)ccc1NC(=S)Nc1sc(C)c(C)c1C(=O)OC. The van der Waals surface area contributed by atoms with Crippen molar-refractivity contribution in [3.8, 4) is 0 Å². The number of thiophene rings is 1. The van der Waals surface area contributed by atoms with E-state index in [-0.39, 0.29) is 5.97 Å². The molecule has 2 rings (SSSR count). The lowest BCUT2D eigenvalue weighted by Gasteiger charge is -2.14. The highest BCUT2D eigenvalue weighted by Crippen LogP contribution is 2.33. The molecule has 0 aliphatic heterocycles. The van der Waals surface area contributed by atoms with Crippen LogP contribution in [-0.4, -0.2) is 18.2 Å². The van der Waals surface area contributed by atoms with Crippen LogP contribution in [-0.2, 0) is 11.2 Å². The summed E-state index contributed by atoms with van der Waals surface area (Å²) in [5.74, 6) is -0.361. The van der Waals surface area contributed by atoms with Gasteiger partial charge < -0.3 is 15.4 Å². The fourth-order valence-electron chi connectivity index (χ4n) is 2.30. The number of halogens is 1. The largest absolute Gasteiger partial charge is 0.465 e. The summed E-state index contributed by atoms with van der Waals surface area (Å²) in [6.07, 6.45) is 0.884. The summed E-state index contributed by atoms with van der Waals surface area (Å²) in [6.45, 7) is 5.96. The number of benzene rings is 1. The molecule has 7 heteroatoms. The van der Waals surface area contributed by atoms with Gasteiger partial charge in [0.2, 0.25) is 0 Å². The number of carbonyl (C=O) groups excluding carboxylic acids is 1. The molecule has 0 saturated carbocycles. The van der Waals surface area contributed by atoms with E-state index in [4.69, 9.17) is 17.0 Å². The first-order valence-electron chi connectivity index (χ1n) is 7.42. The number of ether oxygens (including phenoxy) is 1. The second-order valence-electron chi connectivity index (χ2n) is 5.21. The van der Waals surface area contributed by atoms with E-state index in [1.807, 2.05) is 26.0 Å². The lowest BCUT2D eigenvalue weighted by Crippen LogP contribution is -2.20. The van der Waals surface area contributed by atoms with Gasteiger partial charge in [-0.05, 0) is 61.8 Å². The summed E-state index contributed by atoms with van der Waals surface area (Å²) in [4.78, 5) is 13.1. The molecule has 2 aromatic rings. The summed E-state index contributed by atoms with van der Waals surface area (Å²) < 4.78 is 5.91. The van der Waals surface area contributed by atoms with Gasteiger partial charge in [-0.3, -0.25) is 0 Å². The van der Waals surface area contributed by atoms with Gasteiger partial charge in [0.05, 0.1) is 12.7 Å². The molecular formula is C17H19BrN2O2S2. The van der Waals surface area contributed by atoms with Gasteiger partial charge in [-0.2, -0.15) is 0 Å². The predicted octanol–water partition coefficient (Wildman–Crippen LogP) is 5.29. The Morgan fingerprint density at radius 1 is 1.33 bits per heavy atom. The minimum absolute atomic E-state index is 0.361. The maximum absolute atomic E-state index is 12.0. The van der Waals surface area contributed by atoms with Gasteiger partial charge in [0, 0.05) is 15.0 Å². The number of hydrogen-bond acceptors (Lipinski definition) is 4. The molecule has 4 nitrogen and oxygen atoms in total. The lowest BCUT2D eigenvalue weighted by atomic mass is 10.1. The molecule has 24 heavy (non-hydrogen) atoms. The third-order valence-corrected chi connectivity index (χ3v) is 5.52. The van der Waals surface area contributed by atoms with Gasteiger partial charge in [0.1, 0.15) is 5.00 Å². The van der Waals surface area contributed by atoms with Gasteiger partial charge in [-0.15, -0.1) is 11.3 Å². The summed E-state index contributed by atoms with van der Waals surface area (Å²) in [7, 11) is 1.38. The van der Waals surface area contributed by atoms with Crippen molar-refractivity contribution in [2.24, 2.45) is 0 Å². The van der Waals surface area contributed by atoms with Crippen molar-refractivity contribution < 1.29 is 9.53 Å². The average Bonchev–Trinajstić information content (AvgIpc) is 2.82. The Bertz CT molecular complexity index is 787. The third kappa shape index (κ3) is 4.15. The van der Waals surface area contributed by atoms with Crippen LogP contribution in [0.1, 0.15) is 33.3 Å². The van der Waals surface area contributed by atoms with Crippen molar-refractivity contribution in [1.29, 1.82) is 0 Å². The number of anilines is 2. The molecule has 0 atom stereocenters. The number of esters is 1. The number of carbonyl (C=O) groups is 1. The van der Waals surface area contributed by atoms with Crippen molar-refractivity contribution in [1.82, 2.24) is 0 Å². The van der Waals surface area contributed by atoms with E-state index in [1.54, 1.807) is 0 Å². The van der Waals surface area contributed by atoms with Crippen molar-refractivity contribution >= 4 is 61.3 Å². The van der Waals surface area contributed by atoms with Gasteiger partial charge in [0.25, 0.3) is 0 Å². The van der Waals surface area contributed by atoms with Crippen LogP contribution in [0, 0.1) is 13.8 Å². The van der Waals surface area contributed by atoms with Gasteiger partial charge in [0.15, 0.2) is 5.11 Å². The van der Waals surface area contributed by atoms with E-state index in [9.17, 15) is 4.79 Å². The minimum Gasteiger partial charge on any atom is -0.465 e. The first-order valence-corrected chi connectivity index (χ1v) is 9.43. The van der Waals surface area contributed by atoms with E-state index >= 15 is 0 Å². The quantitative estimate of drug-likeness (QED) is 0.513. The molecule has 0 spiro atoms. The average molecular weight is 427 g/mol. The Morgan fingerprint density at radius 3 is 2.67 bits per heavy atom. The molecular weight excluding hydrogens is 408 g/mol. The highest BCUT2D eigenvalue weighted by molar-refractivity contribution is 9.10. The highest BCUT2D eigenvalue weighted by Gasteiger charge is 2.20. The molecule has 0 unspecified atom stereocenters. The molecule has 1 aromatic carbocycles. The zero-order valence-electron chi connectivity index (χ0n) is 14.0. The van der Waals surface area contributed by atoms with Crippen molar-refractivity contribution in [3.05, 3.63) is 44.2 Å². The van der Waals surface area contributed by atoms with E-state index in [0.29, 0.717) is 15.7 Å². The number of hydrogen-bond donors (Lipinski definition) is 2. The number of thiocarbonyl (C=S) groups is 1. The molecule has 0 bridgehead atoms. The van der Waals surface area contributed by atoms with Crippen LogP contribution >= 0.6 is 39.5 Å². The zero-order chi connectivity index (χ0) is 17.9. The van der Waals surface area contributed by atoms with E-state index in [0.717, 1.165) is 32.6 Å². The molecule has 0 fully saturated rings. The van der Waals surface area contributed by atoms with E-state index < -0.39 is 0 Å². The van der Waals surface area contributed by atoms with Crippen molar-refractivity contribution in [2.45, 2.75) is 27.2 Å². The molecule has 0 aliphatic carbocycles. The Kier molecular flexibility index (Phi) is 6.37. The highest BCUT2D eigenvalue weighted by atomic mass is 79.9. The van der Waals surface area contributed by atoms with Crippen LogP contribution in [0.2, 0.25) is 0 Å². The summed E-state index contributed by atoms with van der Waals surface area (Å²) in [5.41, 5.74) is 3.55. The Morgan fingerprint density at radius 2 is 2.04 bits per heavy atom. The molecule has 1 aromatic heterocycles. The maximum Gasteiger partial charge on any atom is 0.341 e. The monoisotopic (exact) mass is 426 g/mol. The fraction of sp³-hybridized carbons (Fsp3) is 0.294. The standard InChI is InChI=1S/C17H19BrN2O2S2/c1-5-11-8-12(18)6-7-13(11)19-17(23)20-15-14(16(21)22-4)9(2)10(3)24-15/h6-8H,5H2,1-4H3,(H2,19,20,23). The van der Waals surface area contributed by atoms with Gasteiger partial charge in [-0.25, -0.2) is 4.79 Å². The molecule has 128 valence electrons. The molecule has 0 aliphatic rings. The minimum atomic E-state index is -0.361. The van der Waals surface area contributed by atoms with Gasteiger partial charge >= 0.3 is 5.97 Å². The molecule has 0 amide bonds.